The SMILES string of the molecule is CC(O)CCc1ccc(OCC(=O)N2CCCC2)cc1. The molecular weight excluding hydrogens is 254 g/mol. The minimum Gasteiger partial charge on any atom is -0.484 e. The molecule has 1 aliphatic rings. The van der Waals surface area contributed by atoms with E-state index in [1.54, 1.807) is 6.92 Å². The fraction of sp³-hybridized carbons (Fsp3) is 0.562. The van der Waals surface area contributed by atoms with Crippen LogP contribution in [-0.2, 0) is 11.2 Å². The van der Waals surface area contributed by atoms with Gasteiger partial charge in [-0.25, -0.2) is 0 Å². The molecule has 4 nitrogen and oxygen atoms in total. The molecule has 1 atom stereocenters. The molecule has 0 radical (unpaired) electrons. The molecular formula is C16H23NO3. The molecule has 0 aromatic heterocycles. The summed E-state index contributed by atoms with van der Waals surface area (Å²) in [5.41, 5.74) is 1.17. The molecule has 4 heteroatoms. The van der Waals surface area contributed by atoms with E-state index in [9.17, 15) is 9.90 Å². The van der Waals surface area contributed by atoms with Crippen LogP contribution in [0.5, 0.6) is 5.75 Å². The molecule has 1 amide bonds. The summed E-state index contributed by atoms with van der Waals surface area (Å²) in [5, 5.41) is 9.25. The number of carbonyl (C=O) groups is 1. The van der Waals surface area contributed by atoms with E-state index in [0.717, 1.165) is 44.5 Å². The zero-order chi connectivity index (χ0) is 14.4. The van der Waals surface area contributed by atoms with Crippen LogP contribution >= 0.6 is 0 Å². The Labute approximate surface area is 120 Å². The quantitative estimate of drug-likeness (QED) is 0.865. The molecule has 0 saturated carbocycles. The van der Waals surface area contributed by atoms with Crippen molar-refractivity contribution in [1.82, 2.24) is 4.90 Å². The van der Waals surface area contributed by atoms with Gasteiger partial charge in [0.2, 0.25) is 0 Å². The number of ether oxygens (including phenoxy) is 1. The van der Waals surface area contributed by atoms with Crippen LogP contribution in [0, 0.1) is 0 Å². The van der Waals surface area contributed by atoms with Crippen LogP contribution in [-0.4, -0.2) is 41.7 Å². The molecule has 1 aliphatic heterocycles. The third-order valence-electron chi connectivity index (χ3n) is 3.60. The zero-order valence-corrected chi connectivity index (χ0v) is 12.0. The van der Waals surface area contributed by atoms with Crippen molar-refractivity contribution >= 4 is 5.91 Å². The maximum Gasteiger partial charge on any atom is 0.260 e. The van der Waals surface area contributed by atoms with Crippen LogP contribution in [0.25, 0.3) is 0 Å². The molecule has 0 spiro atoms. The lowest BCUT2D eigenvalue weighted by molar-refractivity contribution is -0.132. The highest BCUT2D eigenvalue weighted by atomic mass is 16.5. The van der Waals surface area contributed by atoms with Crippen molar-refractivity contribution in [1.29, 1.82) is 0 Å². The van der Waals surface area contributed by atoms with Crippen LogP contribution in [0.15, 0.2) is 24.3 Å². The fourth-order valence-electron chi connectivity index (χ4n) is 2.33. The molecule has 1 aromatic carbocycles. The Morgan fingerprint density at radius 1 is 1.30 bits per heavy atom. The van der Waals surface area contributed by atoms with E-state index < -0.39 is 0 Å². The van der Waals surface area contributed by atoms with Gasteiger partial charge in [0.05, 0.1) is 6.10 Å². The highest BCUT2D eigenvalue weighted by Gasteiger charge is 2.17. The Morgan fingerprint density at radius 3 is 2.55 bits per heavy atom. The highest BCUT2D eigenvalue weighted by molar-refractivity contribution is 5.78. The lowest BCUT2D eigenvalue weighted by atomic mass is 10.1. The fourth-order valence-corrected chi connectivity index (χ4v) is 2.33. The first-order valence-electron chi connectivity index (χ1n) is 7.33. The van der Waals surface area contributed by atoms with Gasteiger partial charge in [0, 0.05) is 13.1 Å². The van der Waals surface area contributed by atoms with Crippen LogP contribution in [0.1, 0.15) is 31.7 Å². The third-order valence-corrected chi connectivity index (χ3v) is 3.60. The second-order valence-corrected chi connectivity index (χ2v) is 5.41. The van der Waals surface area contributed by atoms with Crippen molar-refractivity contribution in [3.8, 4) is 5.75 Å². The molecule has 20 heavy (non-hydrogen) atoms. The second-order valence-electron chi connectivity index (χ2n) is 5.41. The van der Waals surface area contributed by atoms with Crippen molar-refractivity contribution in [2.45, 2.75) is 38.7 Å². The Balaban J connectivity index is 1.77. The Morgan fingerprint density at radius 2 is 1.95 bits per heavy atom. The molecule has 1 saturated heterocycles. The standard InChI is InChI=1S/C16H23NO3/c1-13(18)4-5-14-6-8-15(9-7-14)20-12-16(19)17-10-2-3-11-17/h6-9,13,18H,2-5,10-12H2,1H3. The summed E-state index contributed by atoms with van der Waals surface area (Å²) >= 11 is 0. The van der Waals surface area contributed by atoms with E-state index in [1.165, 1.54) is 5.56 Å². The number of carbonyl (C=O) groups excluding carboxylic acids is 1. The first kappa shape index (κ1) is 14.9. The molecule has 1 N–H and O–H groups in total. The first-order valence-corrected chi connectivity index (χ1v) is 7.33. The number of rotatable bonds is 6. The summed E-state index contributed by atoms with van der Waals surface area (Å²) in [6, 6.07) is 7.74. The minimum atomic E-state index is -0.274. The van der Waals surface area contributed by atoms with Gasteiger partial charge < -0.3 is 14.7 Å². The van der Waals surface area contributed by atoms with E-state index in [1.807, 2.05) is 29.2 Å². The number of hydrogen-bond donors (Lipinski definition) is 1. The number of amides is 1. The van der Waals surface area contributed by atoms with Gasteiger partial charge in [-0.3, -0.25) is 4.79 Å². The molecule has 1 heterocycles. The summed E-state index contributed by atoms with van der Waals surface area (Å²) in [6.45, 7) is 3.63. The van der Waals surface area contributed by atoms with E-state index in [4.69, 9.17) is 4.74 Å². The highest BCUT2D eigenvalue weighted by Crippen LogP contribution is 2.15. The minimum absolute atomic E-state index is 0.0701. The van der Waals surface area contributed by atoms with Gasteiger partial charge in [0.15, 0.2) is 6.61 Å². The van der Waals surface area contributed by atoms with E-state index >= 15 is 0 Å². The summed E-state index contributed by atoms with van der Waals surface area (Å²) in [6.07, 6.45) is 3.54. The monoisotopic (exact) mass is 277 g/mol. The van der Waals surface area contributed by atoms with Crippen molar-refractivity contribution in [3.63, 3.8) is 0 Å². The van der Waals surface area contributed by atoms with Gasteiger partial charge in [0.1, 0.15) is 5.75 Å². The molecule has 0 aliphatic carbocycles. The molecule has 0 bridgehead atoms. The van der Waals surface area contributed by atoms with E-state index in [-0.39, 0.29) is 18.6 Å². The molecule has 1 fully saturated rings. The molecule has 1 unspecified atom stereocenters. The predicted molar refractivity (Wildman–Crippen MR) is 77.8 cm³/mol. The average molecular weight is 277 g/mol. The van der Waals surface area contributed by atoms with Gasteiger partial charge in [-0.2, -0.15) is 0 Å². The van der Waals surface area contributed by atoms with Crippen LogP contribution < -0.4 is 4.74 Å². The summed E-state index contributed by atoms with van der Waals surface area (Å²) in [4.78, 5) is 13.7. The van der Waals surface area contributed by atoms with Gasteiger partial charge in [-0.15, -0.1) is 0 Å². The normalized spacial score (nSPS) is 16.2. The lowest BCUT2D eigenvalue weighted by Gasteiger charge is -2.15. The largest absolute Gasteiger partial charge is 0.484 e. The first-order chi connectivity index (χ1) is 9.65. The maximum absolute atomic E-state index is 11.8. The molecule has 1 aromatic rings. The van der Waals surface area contributed by atoms with Gasteiger partial charge in [-0.05, 0) is 50.3 Å². The van der Waals surface area contributed by atoms with Crippen molar-refractivity contribution in [2.24, 2.45) is 0 Å². The smallest absolute Gasteiger partial charge is 0.260 e. The number of aliphatic hydroxyl groups is 1. The number of aliphatic hydroxyl groups excluding tert-OH is 1. The van der Waals surface area contributed by atoms with Crippen LogP contribution in [0.4, 0.5) is 0 Å². The average Bonchev–Trinajstić information content (AvgIpc) is 2.98. The number of likely N-dealkylation sites (tertiary alicyclic amines) is 1. The lowest BCUT2D eigenvalue weighted by Crippen LogP contribution is -2.32. The molecule has 2 rings (SSSR count). The Hall–Kier alpha value is -1.55. The van der Waals surface area contributed by atoms with Gasteiger partial charge in [-0.1, -0.05) is 12.1 Å². The molecule has 110 valence electrons. The third kappa shape index (κ3) is 4.53. The summed E-state index contributed by atoms with van der Waals surface area (Å²) in [7, 11) is 0. The number of benzene rings is 1. The topological polar surface area (TPSA) is 49.8 Å². The van der Waals surface area contributed by atoms with Crippen molar-refractivity contribution < 1.29 is 14.6 Å². The van der Waals surface area contributed by atoms with Gasteiger partial charge in [0.25, 0.3) is 5.91 Å². The summed E-state index contributed by atoms with van der Waals surface area (Å²) < 4.78 is 5.52. The van der Waals surface area contributed by atoms with Crippen LogP contribution in [0.3, 0.4) is 0 Å². The maximum atomic E-state index is 11.8. The van der Waals surface area contributed by atoms with Crippen molar-refractivity contribution in [3.05, 3.63) is 29.8 Å². The number of hydrogen-bond acceptors (Lipinski definition) is 3. The van der Waals surface area contributed by atoms with E-state index in [0.29, 0.717) is 0 Å². The summed E-state index contributed by atoms with van der Waals surface area (Å²) in [5.74, 6) is 0.791. The predicted octanol–water partition coefficient (Wildman–Crippen LogP) is 2.00. The second kappa shape index (κ2) is 7.29. The van der Waals surface area contributed by atoms with Crippen molar-refractivity contribution in [2.75, 3.05) is 19.7 Å². The van der Waals surface area contributed by atoms with Crippen LogP contribution in [0.2, 0.25) is 0 Å². The Bertz CT molecular complexity index is 422. The Kier molecular flexibility index (Phi) is 5.41. The van der Waals surface area contributed by atoms with Gasteiger partial charge >= 0.3 is 0 Å². The number of nitrogens with zero attached hydrogens (tertiary/aromatic N) is 1. The zero-order valence-electron chi connectivity index (χ0n) is 12.0. The number of aryl methyl sites for hydroxylation is 1. The van der Waals surface area contributed by atoms with E-state index in [2.05, 4.69) is 0 Å².